The Morgan fingerprint density at radius 3 is 1.53 bits per heavy atom. The lowest BCUT2D eigenvalue weighted by Gasteiger charge is -2.23. The summed E-state index contributed by atoms with van der Waals surface area (Å²) in [4.78, 5) is 0. The van der Waals surface area contributed by atoms with E-state index in [4.69, 9.17) is 0 Å². The van der Waals surface area contributed by atoms with Gasteiger partial charge in [0, 0.05) is 12.8 Å². The molecule has 0 heteroatoms. The van der Waals surface area contributed by atoms with Gasteiger partial charge in [-0.3, -0.25) is 0 Å². The molecule has 0 spiro atoms. The lowest BCUT2D eigenvalue weighted by molar-refractivity contribution is 0.676. The van der Waals surface area contributed by atoms with Crippen molar-refractivity contribution in [2.45, 2.75) is 113 Å². The summed E-state index contributed by atoms with van der Waals surface area (Å²) in [5, 5.41) is 0. The second-order valence-electron chi connectivity index (χ2n) is 12.8. The summed E-state index contributed by atoms with van der Waals surface area (Å²) in [7, 11) is 0. The zero-order valence-corrected chi connectivity index (χ0v) is 24.8. The van der Waals surface area contributed by atoms with Gasteiger partial charge in [-0.2, -0.15) is 0 Å². The van der Waals surface area contributed by atoms with Gasteiger partial charge in [0.15, 0.2) is 0 Å². The van der Waals surface area contributed by atoms with Crippen LogP contribution in [0.3, 0.4) is 0 Å². The van der Waals surface area contributed by atoms with E-state index in [2.05, 4.69) is 113 Å². The third kappa shape index (κ3) is 4.90. The van der Waals surface area contributed by atoms with Crippen molar-refractivity contribution >= 4 is 11.1 Å². The van der Waals surface area contributed by atoms with E-state index in [-0.39, 0.29) is 0 Å². The summed E-state index contributed by atoms with van der Waals surface area (Å²) >= 11 is 0. The fourth-order valence-corrected chi connectivity index (χ4v) is 6.38. The lowest BCUT2D eigenvalue weighted by atomic mass is 9.81. The van der Waals surface area contributed by atoms with E-state index in [1.165, 1.54) is 62.1 Å². The number of rotatable bonds is 8. The highest BCUT2D eigenvalue weighted by atomic mass is 14.3. The standard InChI is InChI=1S/C36H48/c1-20(2)27-16-29-14-25(10)31(35(29)32(18-27)22(5)6)13-12-24(9)34-26(11)15-30-17-28(21(3)4)19-33(23(7)8)36(30)34/h14-24H,12-13H2,1-11H3. The number of allylic oxidation sites excluding steroid dienone is 4. The highest BCUT2D eigenvalue weighted by molar-refractivity contribution is 5.85. The minimum Gasteiger partial charge on any atom is -0.0610 e. The minimum absolute atomic E-state index is 0.531. The van der Waals surface area contributed by atoms with E-state index in [1.807, 2.05) is 0 Å². The average Bonchev–Trinajstić information content (AvgIpc) is 3.30. The molecule has 1 unspecified atom stereocenters. The van der Waals surface area contributed by atoms with Crippen LogP contribution in [0.5, 0.6) is 0 Å². The first-order valence-electron chi connectivity index (χ1n) is 14.4. The fourth-order valence-electron chi connectivity index (χ4n) is 6.38. The van der Waals surface area contributed by atoms with E-state index >= 15 is 0 Å². The monoisotopic (exact) mass is 480 g/mol. The Balaban J connectivity index is 1.64. The molecule has 2 aliphatic rings. The summed E-state index contributed by atoms with van der Waals surface area (Å²) in [5.41, 5.74) is 18.1. The average molecular weight is 481 g/mol. The summed E-state index contributed by atoms with van der Waals surface area (Å²) in [5.74, 6) is 2.72. The largest absolute Gasteiger partial charge is 0.0610 e. The van der Waals surface area contributed by atoms with Crippen LogP contribution < -0.4 is 0 Å². The summed E-state index contributed by atoms with van der Waals surface area (Å²) < 4.78 is 0. The smallest absolute Gasteiger partial charge is 0.0164 e. The van der Waals surface area contributed by atoms with Gasteiger partial charge in [-0.05, 0) is 112 Å². The highest BCUT2D eigenvalue weighted by Gasteiger charge is 2.30. The summed E-state index contributed by atoms with van der Waals surface area (Å²) in [6.07, 6.45) is 7.23. The van der Waals surface area contributed by atoms with Crippen LogP contribution in [0.2, 0.25) is 0 Å². The van der Waals surface area contributed by atoms with Crippen LogP contribution in [0.4, 0.5) is 0 Å². The van der Waals surface area contributed by atoms with Gasteiger partial charge in [0.2, 0.25) is 0 Å². The second-order valence-corrected chi connectivity index (χ2v) is 12.8. The van der Waals surface area contributed by atoms with Crippen molar-refractivity contribution in [3.63, 3.8) is 0 Å². The highest BCUT2D eigenvalue weighted by Crippen LogP contribution is 2.48. The van der Waals surface area contributed by atoms with Crippen LogP contribution in [0, 0.1) is 18.8 Å². The van der Waals surface area contributed by atoms with E-state index in [0.29, 0.717) is 29.6 Å². The Morgan fingerprint density at radius 1 is 0.556 bits per heavy atom. The molecule has 192 valence electrons. The predicted molar refractivity (Wildman–Crippen MR) is 160 cm³/mol. The molecule has 0 fully saturated rings. The van der Waals surface area contributed by atoms with Gasteiger partial charge >= 0.3 is 0 Å². The predicted octanol–water partition coefficient (Wildman–Crippen LogP) is 11.0. The number of hydrogen-bond donors (Lipinski definition) is 0. The lowest BCUT2D eigenvalue weighted by Crippen LogP contribution is -2.06. The Kier molecular flexibility index (Phi) is 7.76. The maximum atomic E-state index is 2.49. The Labute approximate surface area is 222 Å². The Hall–Kier alpha value is -2.08. The van der Waals surface area contributed by atoms with Gasteiger partial charge in [-0.15, -0.1) is 0 Å². The third-order valence-corrected chi connectivity index (χ3v) is 8.56. The molecule has 2 aromatic carbocycles. The molecular formula is C36H48. The normalized spacial score (nSPS) is 16.3. The Bertz CT molecular complexity index is 1210. The van der Waals surface area contributed by atoms with Gasteiger partial charge < -0.3 is 0 Å². The van der Waals surface area contributed by atoms with Crippen LogP contribution in [0.1, 0.15) is 157 Å². The minimum atomic E-state index is 0.531. The molecule has 0 aromatic heterocycles. The third-order valence-electron chi connectivity index (χ3n) is 8.56. The van der Waals surface area contributed by atoms with Crippen LogP contribution in [0.15, 0.2) is 35.4 Å². The molecule has 2 aromatic rings. The fraction of sp³-hybridized carbons (Fsp3) is 0.500. The molecule has 0 saturated carbocycles. The van der Waals surface area contributed by atoms with E-state index in [9.17, 15) is 0 Å². The molecule has 0 N–H and O–H groups in total. The zero-order chi connectivity index (χ0) is 26.5. The first-order chi connectivity index (χ1) is 16.9. The molecule has 0 heterocycles. The van der Waals surface area contributed by atoms with E-state index in [0.717, 1.165) is 6.42 Å². The van der Waals surface area contributed by atoms with Crippen LogP contribution in [-0.2, 0) is 0 Å². The Morgan fingerprint density at radius 2 is 1.03 bits per heavy atom. The van der Waals surface area contributed by atoms with Crippen molar-refractivity contribution in [1.29, 1.82) is 0 Å². The molecule has 0 aliphatic heterocycles. The number of benzene rings is 2. The van der Waals surface area contributed by atoms with Crippen molar-refractivity contribution in [2.24, 2.45) is 5.92 Å². The van der Waals surface area contributed by atoms with Crippen LogP contribution in [-0.4, -0.2) is 0 Å². The van der Waals surface area contributed by atoms with E-state index < -0.39 is 0 Å². The SMILES string of the molecule is CC1=C(CCC(C)C2=C(C)[CH]c3cc(C(C)C)cc(C(C)C)c32)c2c(cc(C(C)C)cc2C(C)C)[CH]1. The molecule has 0 saturated heterocycles. The first-order valence-corrected chi connectivity index (χ1v) is 14.4. The van der Waals surface area contributed by atoms with Crippen molar-refractivity contribution in [2.75, 3.05) is 0 Å². The summed E-state index contributed by atoms with van der Waals surface area (Å²) in [6.45, 7) is 25.8. The maximum absolute atomic E-state index is 2.49. The van der Waals surface area contributed by atoms with Crippen LogP contribution in [0.25, 0.3) is 11.1 Å². The molecule has 2 aliphatic carbocycles. The van der Waals surface area contributed by atoms with Gasteiger partial charge in [0.05, 0.1) is 0 Å². The van der Waals surface area contributed by atoms with Crippen molar-refractivity contribution in [1.82, 2.24) is 0 Å². The van der Waals surface area contributed by atoms with E-state index in [1.54, 1.807) is 11.1 Å². The van der Waals surface area contributed by atoms with Crippen molar-refractivity contribution in [3.8, 4) is 0 Å². The van der Waals surface area contributed by atoms with Crippen LogP contribution >= 0.6 is 0 Å². The molecule has 1 atom stereocenters. The van der Waals surface area contributed by atoms with Crippen molar-refractivity contribution in [3.05, 3.63) is 92.8 Å². The topological polar surface area (TPSA) is 0 Å². The molecule has 4 rings (SSSR count). The summed E-state index contributed by atoms with van der Waals surface area (Å²) in [6, 6.07) is 9.87. The molecule has 0 nitrogen and oxygen atoms in total. The van der Waals surface area contributed by atoms with Gasteiger partial charge in [0.25, 0.3) is 0 Å². The first kappa shape index (κ1) is 27.0. The number of hydrogen-bond acceptors (Lipinski definition) is 0. The maximum Gasteiger partial charge on any atom is 0.0164 e. The van der Waals surface area contributed by atoms with Gasteiger partial charge in [-0.25, -0.2) is 0 Å². The quantitative estimate of drug-likeness (QED) is 0.352. The molecule has 2 radical (unpaired) electrons. The molecular weight excluding hydrogens is 432 g/mol. The van der Waals surface area contributed by atoms with Gasteiger partial charge in [0.1, 0.15) is 0 Å². The van der Waals surface area contributed by atoms with Gasteiger partial charge in [-0.1, -0.05) is 97.7 Å². The second kappa shape index (κ2) is 10.4. The molecule has 36 heavy (non-hydrogen) atoms. The molecule has 0 bridgehead atoms. The number of fused-ring (bicyclic) bond motifs is 2. The van der Waals surface area contributed by atoms with Crippen molar-refractivity contribution < 1.29 is 0 Å². The molecule has 0 amide bonds. The zero-order valence-electron chi connectivity index (χ0n) is 24.8.